The van der Waals surface area contributed by atoms with E-state index in [0.29, 0.717) is 29.8 Å². The lowest BCUT2D eigenvalue weighted by Gasteiger charge is -2.07. The molecule has 2 aromatic heterocycles. The highest BCUT2D eigenvalue weighted by molar-refractivity contribution is 7.92. The zero-order valence-corrected chi connectivity index (χ0v) is 16.4. The highest BCUT2D eigenvalue weighted by atomic mass is 32.2. The molecule has 0 atom stereocenters. The number of hydrogen-bond donors (Lipinski definition) is 1. The summed E-state index contributed by atoms with van der Waals surface area (Å²) in [6.07, 6.45) is 0. The molecule has 0 bridgehead atoms. The SMILES string of the molecule is COCCn1c(N)c(S(=O)(=O)c2ccc(C)cc2)c2nc3ccccc3nc21. The van der Waals surface area contributed by atoms with Gasteiger partial charge in [0.1, 0.15) is 16.2 Å². The lowest BCUT2D eigenvalue weighted by atomic mass is 10.2. The number of nitrogens with zero attached hydrogens (tertiary/aromatic N) is 3. The Morgan fingerprint density at radius 1 is 1.04 bits per heavy atom. The summed E-state index contributed by atoms with van der Waals surface area (Å²) in [5, 5.41) is 0. The summed E-state index contributed by atoms with van der Waals surface area (Å²) in [5.74, 6) is 0.114. The van der Waals surface area contributed by atoms with Gasteiger partial charge in [-0.3, -0.25) is 0 Å². The molecule has 0 radical (unpaired) electrons. The average Bonchev–Trinajstić information content (AvgIpc) is 2.95. The fourth-order valence-electron chi connectivity index (χ4n) is 3.20. The minimum Gasteiger partial charge on any atom is -0.384 e. The fraction of sp³-hybridized carbons (Fsp3) is 0.200. The molecule has 4 rings (SSSR count). The quantitative estimate of drug-likeness (QED) is 0.557. The van der Waals surface area contributed by atoms with Crippen molar-refractivity contribution in [2.45, 2.75) is 23.3 Å². The Labute approximate surface area is 162 Å². The summed E-state index contributed by atoms with van der Waals surface area (Å²) in [7, 11) is -2.30. The fourth-order valence-corrected chi connectivity index (χ4v) is 4.71. The summed E-state index contributed by atoms with van der Waals surface area (Å²) < 4.78 is 33.6. The van der Waals surface area contributed by atoms with E-state index in [1.165, 1.54) is 0 Å². The van der Waals surface area contributed by atoms with Gasteiger partial charge >= 0.3 is 0 Å². The number of sulfone groups is 1. The summed E-state index contributed by atoms with van der Waals surface area (Å²) in [6, 6.07) is 14.0. The van der Waals surface area contributed by atoms with Crippen molar-refractivity contribution < 1.29 is 13.2 Å². The van der Waals surface area contributed by atoms with Gasteiger partial charge < -0.3 is 15.0 Å². The van der Waals surface area contributed by atoms with E-state index >= 15 is 0 Å². The van der Waals surface area contributed by atoms with Crippen LogP contribution in [0.5, 0.6) is 0 Å². The van der Waals surface area contributed by atoms with Gasteiger partial charge in [-0.15, -0.1) is 0 Å². The normalized spacial score (nSPS) is 12.1. The number of anilines is 1. The van der Waals surface area contributed by atoms with E-state index in [4.69, 9.17) is 10.5 Å². The van der Waals surface area contributed by atoms with Crippen molar-refractivity contribution in [1.82, 2.24) is 14.5 Å². The van der Waals surface area contributed by atoms with Crippen LogP contribution in [0.2, 0.25) is 0 Å². The Bertz CT molecular complexity index is 1280. The third-order valence-electron chi connectivity index (χ3n) is 4.67. The maximum Gasteiger partial charge on any atom is 0.212 e. The molecule has 8 heteroatoms. The number of rotatable bonds is 5. The number of benzene rings is 2. The number of para-hydroxylation sites is 2. The van der Waals surface area contributed by atoms with Crippen molar-refractivity contribution in [3.8, 4) is 0 Å². The second-order valence-electron chi connectivity index (χ2n) is 6.56. The molecule has 2 N–H and O–H groups in total. The molecule has 28 heavy (non-hydrogen) atoms. The van der Waals surface area contributed by atoms with Crippen molar-refractivity contribution in [3.63, 3.8) is 0 Å². The average molecular weight is 396 g/mol. The smallest absolute Gasteiger partial charge is 0.212 e. The largest absolute Gasteiger partial charge is 0.384 e. The van der Waals surface area contributed by atoms with Crippen LogP contribution >= 0.6 is 0 Å². The zero-order valence-electron chi connectivity index (χ0n) is 15.6. The monoisotopic (exact) mass is 396 g/mol. The molecule has 0 amide bonds. The van der Waals surface area contributed by atoms with Crippen LogP contribution in [0.25, 0.3) is 22.2 Å². The third-order valence-corrected chi connectivity index (χ3v) is 6.50. The van der Waals surface area contributed by atoms with Gasteiger partial charge in [0.15, 0.2) is 5.65 Å². The Balaban J connectivity index is 2.05. The number of fused-ring (bicyclic) bond motifs is 2. The number of methoxy groups -OCH3 is 1. The highest BCUT2D eigenvalue weighted by Crippen LogP contribution is 2.35. The minimum absolute atomic E-state index is 0.0132. The number of nitrogens with two attached hydrogens (primary N) is 1. The molecule has 0 unspecified atom stereocenters. The second-order valence-corrected chi connectivity index (χ2v) is 8.45. The van der Waals surface area contributed by atoms with Crippen LogP contribution < -0.4 is 5.73 Å². The van der Waals surface area contributed by atoms with Gasteiger partial charge in [-0.2, -0.15) is 0 Å². The molecule has 2 aromatic carbocycles. The molecule has 0 aliphatic heterocycles. The molecule has 0 aliphatic rings. The van der Waals surface area contributed by atoms with Gasteiger partial charge in [0, 0.05) is 13.7 Å². The number of aromatic nitrogens is 3. The summed E-state index contributed by atoms with van der Waals surface area (Å²) in [6.45, 7) is 2.64. The van der Waals surface area contributed by atoms with E-state index < -0.39 is 9.84 Å². The molecule has 0 saturated heterocycles. The number of ether oxygens (including phenoxy) is 1. The van der Waals surface area contributed by atoms with E-state index in [1.54, 1.807) is 42.0 Å². The molecule has 4 aromatic rings. The minimum atomic E-state index is -3.88. The Morgan fingerprint density at radius 2 is 1.68 bits per heavy atom. The predicted molar refractivity (Wildman–Crippen MR) is 108 cm³/mol. The molecular weight excluding hydrogens is 376 g/mol. The number of aryl methyl sites for hydroxylation is 1. The van der Waals surface area contributed by atoms with Crippen molar-refractivity contribution in [2.75, 3.05) is 19.5 Å². The Hall–Kier alpha value is -2.97. The maximum absolute atomic E-state index is 13.4. The summed E-state index contributed by atoms with van der Waals surface area (Å²) in [5.41, 5.74) is 9.28. The van der Waals surface area contributed by atoms with Crippen LogP contribution in [0.4, 0.5) is 5.82 Å². The van der Waals surface area contributed by atoms with Crippen LogP contribution in [0, 0.1) is 6.92 Å². The number of nitrogen functional groups attached to an aromatic ring is 1. The molecule has 0 fully saturated rings. The van der Waals surface area contributed by atoms with Crippen LogP contribution in [0.1, 0.15) is 5.56 Å². The first-order chi connectivity index (χ1) is 13.4. The molecule has 7 nitrogen and oxygen atoms in total. The van der Waals surface area contributed by atoms with Gasteiger partial charge in [-0.05, 0) is 31.2 Å². The standard InChI is InChI=1S/C20H20N4O3S/c1-13-7-9-14(10-8-13)28(25,26)18-17-20(24(19(18)21)11-12-27-2)23-16-6-4-3-5-15(16)22-17/h3-10H,11-12,21H2,1-2H3. The van der Waals surface area contributed by atoms with E-state index in [-0.39, 0.29) is 21.1 Å². The van der Waals surface area contributed by atoms with Crippen molar-refractivity contribution in [1.29, 1.82) is 0 Å². The molecule has 0 aliphatic carbocycles. The van der Waals surface area contributed by atoms with Gasteiger partial charge in [0.05, 0.1) is 22.5 Å². The van der Waals surface area contributed by atoms with Crippen molar-refractivity contribution in [2.24, 2.45) is 0 Å². The molecular formula is C20H20N4O3S. The van der Waals surface area contributed by atoms with E-state index in [2.05, 4.69) is 9.97 Å². The van der Waals surface area contributed by atoms with E-state index in [0.717, 1.165) is 5.56 Å². The van der Waals surface area contributed by atoms with E-state index in [1.807, 2.05) is 25.1 Å². The van der Waals surface area contributed by atoms with Crippen molar-refractivity contribution in [3.05, 3.63) is 54.1 Å². The van der Waals surface area contributed by atoms with Crippen LogP contribution in [-0.2, 0) is 21.1 Å². The first-order valence-corrected chi connectivity index (χ1v) is 10.3. The summed E-state index contributed by atoms with van der Waals surface area (Å²) >= 11 is 0. The molecule has 144 valence electrons. The van der Waals surface area contributed by atoms with Gasteiger partial charge in [-0.25, -0.2) is 18.4 Å². The van der Waals surface area contributed by atoms with E-state index in [9.17, 15) is 8.42 Å². The van der Waals surface area contributed by atoms with Crippen LogP contribution in [0.15, 0.2) is 58.3 Å². The lowest BCUT2D eigenvalue weighted by molar-refractivity contribution is 0.188. The van der Waals surface area contributed by atoms with Crippen LogP contribution in [0.3, 0.4) is 0 Å². The Kier molecular flexibility index (Phi) is 4.52. The maximum atomic E-state index is 13.4. The zero-order chi connectivity index (χ0) is 19.9. The first-order valence-electron chi connectivity index (χ1n) is 8.78. The van der Waals surface area contributed by atoms with Gasteiger partial charge in [0.2, 0.25) is 9.84 Å². The van der Waals surface area contributed by atoms with Crippen LogP contribution in [-0.4, -0.2) is 36.7 Å². The predicted octanol–water partition coefficient (Wildman–Crippen LogP) is 2.95. The Morgan fingerprint density at radius 3 is 2.32 bits per heavy atom. The second kappa shape index (κ2) is 6.88. The molecule has 0 spiro atoms. The van der Waals surface area contributed by atoms with Gasteiger partial charge in [-0.1, -0.05) is 29.8 Å². The van der Waals surface area contributed by atoms with Crippen molar-refractivity contribution >= 4 is 37.9 Å². The lowest BCUT2D eigenvalue weighted by Crippen LogP contribution is -2.10. The molecule has 2 heterocycles. The first kappa shape index (κ1) is 18.4. The van der Waals surface area contributed by atoms with Gasteiger partial charge in [0.25, 0.3) is 0 Å². The summed E-state index contributed by atoms with van der Waals surface area (Å²) in [4.78, 5) is 9.39. The highest BCUT2D eigenvalue weighted by Gasteiger charge is 2.30. The molecule has 0 saturated carbocycles. The number of hydrogen-bond acceptors (Lipinski definition) is 6. The topological polar surface area (TPSA) is 100 Å². The third kappa shape index (κ3) is 2.90.